The highest BCUT2D eigenvalue weighted by Crippen LogP contribution is 2.38. The highest BCUT2D eigenvalue weighted by atomic mass is 35.5. The molecule has 0 spiro atoms. The average Bonchev–Trinajstić information content (AvgIpc) is 2.56. The lowest BCUT2D eigenvalue weighted by atomic mass is 10.1. The van der Waals surface area contributed by atoms with Crippen molar-refractivity contribution in [1.82, 2.24) is 0 Å². The van der Waals surface area contributed by atoms with E-state index < -0.39 is 37.1 Å². The molecule has 2 aromatic carbocycles. The Hall–Kier alpha value is -1.99. The van der Waals surface area contributed by atoms with Gasteiger partial charge < -0.3 is 9.47 Å². The molecule has 140 valence electrons. The van der Waals surface area contributed by atoms with Crippen LogP contribution in [0.3, 0.4) is 0 Å². The third kappa shape index (κ3) is 5.02. The molecular weight excluding hydrogens is 396 g/mol. The van der Waals surface area contributed by atoms with E-state index in [0.29, 0.717) is 22.7 Å². The van der Waals surface area contributed by atoms with Gasteiger partial charge >= 0.3 is 18.1 Å². The van der Waals surface area contributed by atoms with Gasteiger partial charge in [-0.1, -0.05) is 47.5 Å². The topological polar surface area (TPSA) is 52.6 Å². The zero-order valence-corrected chi connectivity index (χ0v) is 14.9. The number of carbonyl (C=O) groups excluding carboxylic acids is 2. The molecule has 0 aliphatic heterocycles. The van der Waals surface area contributed by atoms with Crippen LogP contribution in [0, 0.1) is 0 Å². The smallest absolute Gasteiger partial charge is 0.425 e. The molecule has 2 aromatic rings. The molecule has 0 aliphatic rings. The van der Waals surface area contributed by atoms with E-state index in [9.17, 15) is 22.8 Å². The van der Waals surface area contributed by atoms with Crippen LogP contribution in [0.25, 0.3) is 10.8 Å². The van der Waals surface area contributed by atoms with Crippen LogP contribution in [-0.2, 0) is 14.3 Å². The Bertz CT molecular complexity index is 837. The van der Waals surface area contributed by atoms with Crippen molar-refractivity contribution >= 4 is 45.9 Å². The number of alkyl halides is 3. The van der Waals surface area contributed by atoms with Gasteiger partial charge in [-0.25, -0.2) is 0 Å². The number of fused-ring (bicyclic) bond motifs is 1. The summed E-state index contributed by atoms with van der Waals surface area (Å²) >= 11 is 12.1. The number of ether oxygens (including phenoxy) is 2. The third-order valence-electron chi connectivity index (χ3n) is 3.42. The Balaban J connectivity index is 2.03. The minimum Gasteiger partial charge on any atom is -0.453 e. The van der Waals surface area contributed by atoms with Gasteiger partial charge in [0.25, 0.3) is 0 Å². The molecule has 0 aromatic heterocycles. The Morgan fingerprint density at radius 3 is 2.23 bits per heavy atom. The summed E-state index contributed by atoms with van der Waals surface area (Å²) in [5.41, 5.74) is 0. The molecule has 0 saturated carbocycles. The van der Waals surface area contributed by atoms with Gasteiger partial charge in [0, 0.05) is 10.8 Å². The Kier molecular flexibility index (Phi) is 6.36. The molecule has 0 amide bonds. The summed E-state index contributed by atoms with van der Waals surface area (Å²) in [5.74, 6) is -1.93. The SMILES string of the molecule is CC(OC(=O)CCC(=O)Oc1c(Cl)cc(Cl)c2ccccc12)C(F)(F)F. The summed E-state index contributed by atoms with van der Waals surface area (Å²) in [6.07, 6.45) is -7.92. The van der Waals surface area contributed by atoms with Crippen molar-refractivity contribution in [2.75, 3.05) is 0 Å². The van der Waals surface area contributed by atoms with Crippen LogP contribution in [0.4, 0.5) is 13.2 Å². The quantitative estimate of drug-likeness (QED) is 0.495. The number of rotatable bonds is 5. The van der Waals surface area contributed by atoms with E-state index in [-0.39, 0.29) is 10.8 Å². The van der Waals surface area contributed by atoms with E-state index in [2.05, 4.69) is 4.74 Å². The minimum atomic E-state index is -4.66. The maximum atomic E-state index is 12.3. The van der Waals surface area contributed by atoms with Gasteiger partial charge in [-0.3, -0.25) is 9.59 Å². The molecule has 0 fully saturated rings. The molecular formula is C17H13Cl2F3O4. The largest absolute Gasteiger partial charge is 0.453 e. The maximum Gasteiger partial charge on any atom is 0.425 e. The van der Waals surface area contributed by atoms with Crippen LogP contribution in [0.15, 0.2) is 30.3 Å². The summed E-state index contributed by atoms with van der Waals surface area (Å²) in [4.78, 5) is 23.3. The normalized spacial score (nSPS) is 12.7. The molecule has 1 atom stereocenters. The van der Waals surface area contributed by atoms with Crippen molar-refractivity contribution in [3.8, 4) is 5.75 Å². The Morgan fingerprint density at radius 2 is 1.62 bits per heavy atom. The molecule has 0 bridgehead atoms. The second-order valence-corrected chi connectivity index (χ2v) is 6.18. The standard InChI is InChI=1S/C17H13Cl2F3O4/c1-9(17(20,21)22)25-14(23)6-7-15(24)26-16-11-5-3-2-4-10(11)12(18)8-13(16)19/h2-5,8-9H,6-7H2,1H3. The summed E-state index contributed by atoms with van der Waals surface area (Å²) in [6, 6.07) is 8.21. The van der Waals surface area contributed by atoms with Crippen molar-refractivity contribution in [1.29, 1.82) is 0 Å². The van der Waals surface area contributed by atoms with Crippen LogP contribution in [0.2, 0.25) is 10.0 Å². The second kappa shape index (κ2) is 8.14. The zero-order valence-electron chi connectivity index (χ0n) is 13.4. The number of hydrogen-bond acceptors (Lipinski definition) is 4. The minimum absolute atomic E-state index is 0.0636. The first-order chi connectivity index (χ1) is 12.1. The van der Waals surface area contributed by atoms with Gasteiger partial charge in [0.05, 0.1) is 22.9 Å². The van der Waals surface area contributed by atoms with Crippen LogP contribution >= 0.6 is 23.2 Å². The first kappa shape index (κ1) is 20.3. The molecule has 0 N–H and O–H groups in total. The van der Waals surface area contributed by atoms with Gasteiger partial charge in [-0.15, -0.1) is 0 Å². The number of carbonyl (C=O) groups is 2. The first-order valence-electron chi connectivity index (χ1n) is 7.43. The lowest BCUT2D eigenvalue weighted by Gasteiger charge is -2.16. The van der Waals surface area contributed by atoms with Crippen molar-refractivity contribution in [2.24, 2.45) is 0 Å². The third-order valence-corrected chi connectivity index (χ3v) is 4.01. The second-order valence-electron chi connectivity index (χ2n) is 5.36. The number of benzene rings is 2. The van der Waals surface area contributed by atoms with Gasteiger partial charge in [0.2, 0.25) is 0 Å². The zero-order chi connectivity index (χ0) is 19.5. The molecule has 9 heteroatoms. The molecule has 0 saturated heterocycles. The van der Waals surface area contributed by atoms with E-state index >= 15 is 0 Å². The van der Waals surface area contributed by atoms with Crippen LogP contribution in [-0.4, -0.2) is 24.2 Å². The number of esters is 2. The van der Waals surface area contributed by atoms with Gasteiger partial charge in [-0.2, -0.15) is 13.2 Å². The van der Waals surface area contributed by atoms with Crippen LogP contribution in [0.5, 0.6) is 5.75 Å². The highest BCUT2D eigenvalue weighted by molar-refractivity contribution is 6.40. The van der Waals surface area contributed by atoms with Gasteiger partial charge in [-0.05, 0) is 13.0 Å². The predicted molar refractivity (Wildman–Crippen MR) is 90.4 cm³/mol. The van der Waals surface area contributed by atoms with Crippen LogP contribution in [0.1, 0.15) is 19.8 Å². The lowest BCUT2D eigenvalue weighted by molar-refractivity contribution is -0.216. The fourth-order valence-corrected chi connectivity index (χ4v) is 2.65. The van der Waals surface area contributed by atoms with Crippen molar-refractivity contribution in [3.63, 3.8) is 0 Å². The summed E-state index contributed by atoms with van der Waals surface area (Å²) in [6.45, 7) is 0.704. The molecule has 0 aliphatic carbocycles. The van der Waals surface area contributed by atoms with E-state index in [1.807, 2.05) is 0 Å². The molecule has 4 nitrogen and oxygen atoms in total. The average molecular weight is 409 g/mol. The maximum absolute atomic E-state index is 12.3. The summed E-state index contributed by atoms with van der Waals surface area (Å²) in [7, 11) is 0. The molecule has 1 unspecified atom stereocenters. The van der Waals surface area contributed by atoms with Gasteiger partial charge in [0.15, 0.2) is 11.9 Å². The van der Waals surface area contributed by atoms with E-state index in [1.54, 1.807) is 24.3 Å². The molecule has 0 radical (unpaired) electrons. The fraction of sp³-hybridized carbons (Fsp3) is 0.294. The van der Waals surface area contributed by atoms with Crippen molar-refractivity contribution < 1.29 is 32.2 Å². The summed E-state index contributed by atoms with van der Waals surface area (Å²) in [5, 5.41) is 1.57. The van der Waals surface area contributed by atoms with Gasteiger partial charge in [0.1, 0.15) is 0 Å². The first-order valence-corrected chi connectivity index (χ1v) is 8.18. The van der Waals surface area contributed by atoms with Crippen LogP contribution < -0.4 is 4.74 Å². The number of hydrogen-bond donors (Lipinski definition) is 0. The fourth-order valence-electron chi connectivity index (χ4n) is 2.07. The number of halogens is 5. The van der Waals surface area contributed by atoms with Crippen molar-refractivity contribution in [2.45, 2.75) is 32.0 Å². The Morgan fingerprint density at radius 1 is 1.04 bits per heavy atom. The lowest BCUT2D eigenvalue weighted by Crippen LogP contribution is -2.31. The Labute approximate surface area is 156 Å². The van der Waals surface area contributed by atoms with E-state index in [0.717, 1.165) is 0 Å². The predicted octanol–water partition coefficient (Wildman–Crippen LogP) is 5.33. The molecule has 0 heterocycles. The molecule has 26 heavy (non-hydrogen) atoms. The van der Waals surface area contributed by atoms with Crippen molar-refractivity contribution in [3.05, 3.63) is 40.4 Å². The highest BCUT2D eigenvalue weighted by Gasteiger charge is 2.39. The van der Waals surface area contributed by atoms with E-state index in [1.165, 1.54) is 6.07 Å². The molecule has 2 rings (SSSR count). The van der Waals surface area contributed by atoms with E-state index in [4.69, 9.17) is 27.9 Å². The monoisotopic (exact) mass is 408 g/mol. The summed E-state index contributed by atoms with van der Waals surface area (Å²) < 4.78 is 46.4.